The summed E-state index contributed by atoms with van der Waals surface area (Å²) in [4.78, 5) is 18.3. The standard InChI is InChI=1S/C19H20ClN5O2/c1-2-7-26-14-8-13(10-27-16-6-4-3-5-15(16)20)25(9-14)19-17-18(22-11-21-17)23-12-24-19/h2-6,11-14H,1,7-10H2,(H,21,22,23,24)/t13-,14+/m1/s1. The third-order valence-electron chi connectivity index (χ3n) is 4.56. The summed E-state index contributed by atoms with van der Waals surface area (Å²) in [5.41, 5.74) is 1.45. The molecule has 1 aromatic carbocycles. The molecule has 1 aliphatic rings. The summed E-state index contributed by atoms with van der Waals surface area (Å²) in [6.45, 7) is 5.40. The number of fused-ring (bicyclic) bond motifs is 1. The van der Waals surface area contributed by atoms with Crippen molar-refractivity contribution in [3.8, 4) is 5.75 Å². The van der Waals surface area contributed by atoms with Crippen LogP contribution in [0.1, 0.15) is 6.42 Å². The number of para-hydroxylation sites is 1. The summed E-state index contributed by atoms with van der Waals surface area (Å²) in [5, 5.41) is 0.596. The van der Waals surface area contributed by atoms with Crippen molar-refractivity contribution in [2.45, 2.75) is 18.6 Å². The van der Waals surface area contributed by atoms with E-state index in [1.165, 1.54) is 0 Å². The average molecular weight is 386 g/mol. The van der Waals surface area contributed by atoms with E-state index in [4.69, 9.17) is 21.1 Å². The van der Waals surface area contributed by atoms with Crippen LogP contribution in [0.5, 0.6) is 5.75 Å². The molecule has 1 fully saturated rings. The van der Waals surface area contributed by atoms with E-state index in [1.54, 1.807) is 18.7 Å². The van der Waals surface area contributed by atoms with E-state index in [2.05, 4.69) is 31.4 Å². The highest BCUT2D eigenvalue weighted by atomic mass is 35.5. The maximum absolute atomic E-state index is 6.21. The first kappa shape index (κ1) is 17.8. The van der Waals surface area contributed by atoms with Gasteiger partial charge in [0.05, 0.1) is 30.1 Å². The second kappa shape index (κ2) is 7.94. The van der Waals surface area contributed by atoms with Gasteiger partial charge in [0.15, 0.2) is 11.5 Å². The van der Waals surface area contributed by atoms with Gasteiger partial charge in [-0.1, -0.05) is 29.8 Å². The summed E-state index contributed by atoms with van der Waals surface area (Å²) in [6, 6.07) is 7.54. The van der Waals surface area contributed by atoms with Gasteiger partial charge in [0.25, 0.3) is 0 Å². The van der Waals surface area contributed by atoms with Crippen molar-refractivity contribution < 1.29 is 9.47 Å². The monoisotopic (exact) mass is 385 g/mol. The van der Waals surface area contributed by atoms with Crippen LogP contribution in [0, 0.1) is 0 Å². The van der Waals surface area contributed by atoms with Crippen molar-refractivity contribution in [3.05, 3.63) is 54.6 Å². The van der Waals surface area contributed by atoms with Crippen LogP contribution in [0.15, 0.2) is 49.6 Å². The van der Waals surface area contributed by atoms with Crippen LogP contribution in [-0.2, 0) is 4.74 Å². The number of anilines is 1. The van der Waals surface area contributed by atoms with Gasteiger partial charge in [-0.25, -0.2) is 15.0 Å². The first-order valence-electron chi connectivity index (χ1n) is 8.77. The van der Waals surface area contributed by atoms with Crippen LogP contribution in [0.3, 0.4) is 0 Å². The SMILES string of the molecule is C=CCO[C@H]1C[C@H](COc2ccccc2Cl)N(c2ncnc3[nH]cnc23)C1. The van der Waals surface area contributed by atoms with E-state index in [-0.39, 0.29) is 12.1 Å². The minimum Gasteiger partial charge on any atom is -0.490 e. The van der Waals surface area contributed by atoms with Crippen molar-refractivity contribution in [1.82, 2.24) is 19.9 Å². The second-order valence-electron chi connectivity index (χ2n) is 6.32. The quantitative estimate of drug-likeness (QED) is 0.629. The van der Waals surface area contributed by atoms with Gasteiger partial charge in [-0.15, -0.1) is 6.58 Å². The van der Waals surface area contributed by atoms with Crippen molar-refractivity contribution in [2.24, 2.45) is 0 Å². The number of ether oxygens (including phenoxy) is 2. The number of aromatic amines is 1. The Morgan fingerprint density at radius 3 is 3.04 bits per heavy atom. The predicted molar refractivity (Wildman–Crippen MR) is 104 cm³/mol. The van der Waals surface area contributed by atoms with Crippen molar-refractivity contribution in [1.29, 1.82) is 0 Å². The zero-order valence-corrected chi connectivity index (χ0v) is 15.5. The predicted octanol–water partition coefficient (Wildman–Crippen LogP) is 3.24. The van der Waals surface area contributed by atoms with Gasteiger partial charge in [-0.3, -0.25) is 0 Å². The molecule has 7 nitrogen and oxygen atoms in total. The van der Waals surface area contributed by atoms with Gasteiger partial charge in [0.2, 0.25) is 0 Å². The molecule has 1 saturated heterocycles. The fourth-order valence-electron chi connectivity index (χ4n) is 3.33. The van der Waals surface area contributed by atoms with Gasteiger partial charge in [-0.05, 0) is 18.6 Å². The van der Waals surface area contributed by atoms with Crippen LogP contribution in [0.2, 0.25) is 5.02 Å². The summed E-state index contributed by atoms with van der Waals surface area (Å²) >= 11 is 6.21. The molecule has 8 heteroatoms. The lowest BCUT2D eigenvalue weighted by molar-refractivity contribution is 0.0866. The molecule has 0 unspecified atom stereocenters. The molecule has 2 atom stereocenters. The normalized spacial score (nSPS) is 19.5. The fraction of sp³-hybridized carbons (Fsp3) is 0.316. The molecule has 0 saturated carbocycles. The Labute approximate surface area is 162 Å². The number of H-pyrrole nitrogens is 1. The number of aromatic nitrogens is 4. The van der Waals surface area contributed by atoms with Gasteiger partial charge >= 0.3 is 0 Å². The molecule has 0 spiro atoms. The van der Waals surface area contributed by atoms with E-state index >= 15 is 0 Å². The molecule has 140 valence electrons. The Kier molecular flexibility index (Phi) is 5.22. The topological polar surface area (TPSA) is 76.2 Å². The van der Waals surface area contributed by atoms with Crippen molar-refractivity contribution >= 4 is 28.6 Å². The molecular weight excluding hydrogens is 366 g/mol. The van der Waals surface area contributed by atoms with E-state index in [9.17, 15) is 0 Å². The number of nitrogens with one attached hydrogen (secondary N) is 1. The van der Waals surface area contributed by atoms with Crippen molar-refractivity contribution in [3.63, 3.8) is 0 Å². The highest BCUT2D eigenvalue weighted by Gasteiger charge is 2.35. The molecule has 0 amide bonds. The molecular formula is C19H20ClN5O2. The van der Waals surface area contributed by atoms with Crippen molar-refractivity contribution in [2.75, 3.05) is 24.7 Å². The summed E-state index contributed by atoms with van der Waals surface area (Å²) < 4.78 is 11.9. The molecule has 4 rings (SSSR count). The first-order chi connectivity index (χ1) is 13.3. The number of hydrogen-bond acceptors (Lipinski definition) is 6. The molecule has 0 radical (unpaired) electrons. The lowest BCUT2D eigenvalue weighted by Crippen LogP contribution is -2.35. The minimum atomic E-state index is 0.0619. The maximum atomic E-state index is 6.21. The highest BCUT2D eigenvalue weighted by Crippen LogP contribution is 2.31. The van der Waals surface area contributed by atoms with Gasteiger partial charge in [0.1, 0.15) is 24.2 Å². The molecule has 3 aromatic rings. The fourth-order valence-corrected chi connectivity index (χ4v) is 3.52. The molecule has 2 aromatic heterocycles. The van der Waals surface area contributed by atoms with Crippen LogP contribution < -0.4 is 9.64 Å². The molecule has 1 N–H and O–H groups in total. The largest absolute Gasteiger partial charge is 0.490 e. The number of benzene rings is 1. The zero-order valence-electron chi connectivity index (χ0n) is 14.7. The van der Waals surface area contributed by atoms with Crippen LogP contribution >= 0.6 is 11.6 Å². The van der Waals surface area contributed by atoms with Crippen LogP contribution in [0.25, 0.3) is 11.2 Å². The Morgan fingerprint density at radius 2 is 2.19 bits per heavy atom. The molecule has 1 aliphatic heterocycles. The Balaban J connectivity index is 1.57. The Morgan fingerprint density at radius 1 is 1.30 bits per heavy atom. The second-order valence-corrected chi connectivity index (χ2v) is 6.73. The molecule has 0 aliphatic carbocycles. The third-order valence-corrected chi connectivity index (χ3v) is 4.88. The minimum absolute atomic E-state index is 0.0619. The highest BCUT2D eigenvalue weighted by molar-refractivity contribution is 6.32. The number of nitrogens with zero attached hydrogens (tertiary/aromatic N) is 4. The lowest BCUT2D eigenvalue weighted by atomic mass is 10.2. The van der Waals surface area contributed by atoms with Gasteiger partial charge < -0.3 is 19.4 Å². The Bertz CT molecular complexity index is 931. The third kappa shape index (κ3) is 3.74. The number of halogens is 1. The van der Waals surface area contributed by atoms with Crippen LogP contribution in [-0.4, -0.2) is 51.8 Å². The smallest absolute Gasteiger partial charge is 0.162 e. The lowest BCUT2D eigenvalue weighted by Gasteiger charge is -2.25. The van der Waals surface area contributed by atoms with E-state index in [0.29, 0.717) is 36.2 Å². The zero-order chi connectivity index (χ0) is 18.6. The maximum Gasteiger partial charge on any atom is 0.162 e. The number of rotatable bonds is 7. The first-order valence-corrected chi connectivity index (χ1v) is 9.14. The average Bonchev–Trinajstić information content (AvgIpc) is 3.32. The van der Waals surface area contributed by atoms with E-state index < -0.39 is 0 Å². The molecule has 3 heterocycles. The van der Waals surface area contributed by atoms with Gasteiger partial charge in [-0.2, -0.15) is 0 Å². The molecule has 27 heavy (non-hydrogen) atoms. The van der Waals surface area contributed by atoms with E-state index in [0.717, 1.165) is 17.8 Å². The summed E-state index contributed by atoms with van der Waals surface area (Å²) in [7, 11) is 0. The number of imidazole rings is 1. The molecule has 0 bridgehead atoms. The summed E-state index contributed by atoms with van der Waals surface area (Å²) in [5.74, 6) is 1.45. The van der Waals surface area contributed by atoms with E-state index in [1.807, 2.05) is 24.3 Å². The summed E-state index contributed by atoms with van der Waals surface area (Å²) in [6.07, 6.45) is 5.80. The van der Waals surface area contributed by atoms with Gasteiger partial charge in [0, 0.05) is 6.54 Å². The van der Waals surface area contributed by atoms with Crippen LogP contribution in [0.4, 0.5) is 5.82 Å². The Hall–Kier alpha value is -2.64. The number of hydrogen-bond donors (Lipinski definition) is 1.